The Balaban J connectivity index is 0.000000878. The van der Waals surface area contributed by atoms with Gasteiger partial charge in [-0.3, -0.25) is 0 Å². The van der Waals surface area contributed by atoms with E-state index in [0.717, 1.165) is 23.0 Å². The molecule has 0 bridgehead atoms. The summed E-state index contributed by atoms with van der Waals surface area (Å²) in [5.74, 6) is 0.395. The Labute approximate surface area is 186 Å². The minimum atomic E-state index is -0.556. The number of para-hydroxylation sites is 1. The van der Waals surface area contributed by atoms with Crippen LogP contribution >= 0.6 is 27.2 Å². The summed E-state index contributed by atoms with van der Waals surface area (Å²) in [7, 11) is 14.4. The molecule has 3 aromatic carbocycles. The van der Waals surface area contributed by atoms with Crippen LogP contribution in [-0.4, -0.2) is 24.1 Å². The maximum atomic E-state index is 10.9. The van der Waals surface area contributed by atoms with E-state index < -0.39 is 17.0 Å². The molecule has 3 aromatic rings. The molecule has 2 nitrogen and oxygen atoms in total. The number of nitrogens with zero attached hydrogens (tertiary/aromatic N) is 1. The molecule has 1 unspecified atom stereocenters. The van der Waals surface area contributed by atoms with Crippen LogP contribution < -0.4 is 10.6 Å². The second-order valence-electron chi connectivity index (χ2n) is 6.61. The zero-order valence-electron chi connectivity index (χ0n) is 16.2. The molecule has 0 spiro atoms. The number of aromatic hydroxyl groups is 1. The summed E-state index contributed by atoms with van der Waals surface area (Å²) in [6.45, 7) is 3.06. The van der Waals surface area contributed by atoms with Gasteiger partial charge in [0.15, 0.2) is 0 Å². The van der Waals surface area contributed by atoms with Gasteiger partial charge >= 0.3 is 35.6 Å². The van der Waals surface area contributed by atoms with Crippen LogP contribution in [0.1, 0.15) is 11.1 Å². The van der Waals surface area contributed by atoms with Gasteiger partial charge in [-0.1, -0.05) is 75.3 Å². The molecule has 1 N–H and O–H groups in total. The van der Waals surface area contributed by atoms with Crippen LogP contribution in [0.15, 0.2) is 66.7 Å². The summed E-state index contributed by atoms with van der Waals surface area (Å²) in [4.78, 5) is 2.18. The average molecular weight is 468 g/mol. The monoisotopic (exact) mass is 467 g/mol. The van der Waals surface area contributed by atoms with Gasteiger partial charge in [-0.25, -0.2) is 0 Å². The normalized spacial score (nSPS) is 10.8. The van der Waals surface area contributed by atoms with Gasteiger partial charge < -0.3 is 10.0 Å². The number of rotatable bonds is 5. The minimum absolute atomic E-state index is 0.395. The van der Waals surface area contributed by atoms with Crippen molar-refractivity contribution >= 4 is 37.8 Å². The molecule has 1 atom stereocenters. The van der Waals surface area contributed by atoms with E-state index in [2.05, 4.69) is 44.1 Å². The molecule has 0 saturated heterocycles. The summed E-state index contributed by atoms with van der Waals surface area (Å²) in [6.07, 6.45) is 0. The molecule has 0 amide bonds. The van der Waals surface area contributed by atoms with Crippen molar-refractivity contribution in [3.05, 3.63) is 77.9 Å². The summed E-state index contributed by atoms with van der Waals surface area (Å²) < 4.78 is 0. The molecule has 6 heteroatoms. The number of aryl methyl sites for hydroxylation is 1. The fourth-order valence-electron chi connectivity index (χ4n) is 3.01. The van der Waals surface area contributed by atoms with Crippen LogP contribution in [0.25, 0.3) is 11.1 Å². The SMILES string of the molecule is Cc1cccc(CN(C)C)c1Pc1cccc(-c2ccccc2)c1O.[Cl][Ti][Cl]. The van der Waals surface area contributed by atoms with E-state index in [-0.39, 0.29) is 0 Å². The number of benzene rings is 3. The van der Waals surface area contributed by atoms with Crippen LogP contribution in [0, 0.1) is 6.92 Å². The molecule has 0 aliphatic heterocycles. The van der Waals surface area contributed by atoms with Crippen LogP contribution in [0.4, 0.5) is 0 Å². The summed E-state index contributed by atoms with van der Waals surface area (Å²) in [5.41, 5.74) is 4.55. The van der Waals surface area contributed by atoms with E-state index in [1.807, 2.05) is 48.5 Å². The molecule has 0 fully saturated rings. The van der Waals surface area contributed by atoms with Crippen molar-refractivity contribution in [1.82, 2.24) is 4.90 Å². The summed E-state index contributed by atoms with van der Waals surface area (Å²) in [6, 6.07) is 22.6. The zero-order chi connectivity index (χ0) is 20.5. The Morgan fingerprint density at radius 3 is 2.21 bits per heavy atom. The van der Waals surface area contributed by atoms with Crippen molar-refractivity contribution in [1.29, 1.82) is 0 Å². The standard InChI is InChI=1S/C22H24NOP.2ClH.Ti/c1-16-9-7-12-18(15-23(2)3)22(16)25-20-14-8-13-19(21(20)24)17-10-5-4-6-11-17;;;/h4-14,24-25H,15H2,1-3H3;2*1H;/q;;;+2/p-2. The Hall–Kier alpha value is -0.856. The quantitative estimate of drug-likeness (QED) is 0.399. The van der Waals surface area contributed by atoms with Crippen LogP contribution in [-0.2, 0) is 23.6 Å². The molecule has 0 heterocycles. The summed E-state index contributed by atoms with van der Waals surface area (Å²) >= 11 is -0.556. The molecule has 28 heavy (non-hydrogen) atoms. The van der Waals surface area contributed by atoms with Gasteiger partial charge in [0.2, 0.25) is 0 Å². The van der Waals surface area contributed by atoms with Crippen LogP contribution in [0.3, 0.4) is 0 Å². The van der Waals surface area contributed by atoms with E-state index in [0.29, 0.717) is 14.3 Å². The third-order valence-corrected chi connectivity index (χ3v) is 5.86. The third-order valence-electron chi connectivity index (χ3n) is 4.23. The van der Waals surface area contributed by atoms with Crippen molar-refractivity contribution < 1.29 is 22.1 Å². The first-order valence-corrected chi connectivity index (χ1v) is 14.1. The first kappa shape index (κ1) is 23.4. The predicted octanol–water partition coefficient (Wildman–Crippen LogP) is 5.44. The average Bonchev–Trinajstić information content (AvgIpc) is 2.67. The maximum absolute atomic E-state index is 10.9. The van der Waals surface area contributed by atoms with Gasteiger partial charge in [0.25, 0.3) is 0 Å². The predicted molar refractivity (Wildman–Crippen MR) is 121 cm³/mol. The van der Waals surface area contributed by atoms with E-state index in [1.165, 1.54) is 16.4 Å². The molecular weight excluding hydrogens is 444 g/mol. The third kappa shape index (κ3) is 6.59. The van der Waals surface area contributed by atoms with E-state index >= 15 is 0 Å². The van der Waals surface area contributed by atoms with Gasteiger partial charge in [-0.15, -0.1) is 0 Å². The van der Waals surface area contributed by atoms with Crippen molar-refractivity contribution in [3.63, 3.8) is 0 Å². The number of phenols is 1. The molecule has 3 rings (SSSR count). The van der Waals surface area contributed by atoms with Gasteiger partial charge in [0.05, 0.1) is 0 Å². The molecule has 146 valence electrons. The fraction of sp³-hybridized carbons (Fsp3) is 0.182. The topological polar surface area (TPSA) is 23.5 Å². The molecular formula is C22H24Cl2NOPTi. The van der Waals surface area contributed by atoms with Crippen molar-refractivity contribution in [2.24, 2.45) is 0 Å². The Morgan fingerprint density at radius 1 is 0.929 bits per heavy atom. The Kier molecular flexibility index (Phi) is 10.0. The number of halogens is 2. The zero-order valence-corrected chi connectivity index (χ0v) is 20.3. The molecule has 0 radical (unpaired) electrons. The van der Waals surface area contributed by atoms with Gasteiger partial charge in [0.1, 0.15) is 5.75 Å². The van der Waals surface area contributed by atoms with Crippen LogP contribution in [0.2, 0.25) is 0 Å². The first-order valence-electron chi connectivity index (χ1n) is 8.81. The Bertz CT molecular complexity index is 891. The van der Waals surface area contributed by atoms with Gasteiger partial charge in [0, 0.05) is 17.4 Å². The number of hydrogen-bond donors (Lipinski definition) is 1. The van der Waals surface area contributed by atoms with Gasteiger partial charge in [-0.2, -0.15) is 0 Å². The van der Waals surface area contributed by atoms with E-state index in [9.17, 15) is 5.11 Å². The second kappa shape index (κ2) is 12.0. The summed E-state index contributed by atoms with van der Waals surface area (Å²) in [5, 5.41) is 13.2. The molecule has 0 aliphatic rings. The van der Waals surface area contributed by atoms with Crippen molar-refractivity contribution in [2.45, 2.75) is 13.5 Å². The fourth-order valence-corrected chi connectivity index (χ4v) is 4.31. The number of hydrogen-bond acceptors (Lipinski definition) is 2. The van der Waals surface area contributed by atoms with E-state index in [1.54, 1.807) is 0 Å². The molecule has 0 aromatic heterocycles. The van der Waals surface area contributed by atoms with Gasteiger partial charge in [-0.05, 0) is 43.0 Å². The second-order valence-corrected chi connectivity index (χ2v) is 10.5. The van der Waals surface area contributed by atoms with Crippen molar-refractivity contribution in [3.8, 4) is 16.9 Å². The van der Waals surface area contributed by atoms with E-state index in [4.69, 9.17) is 18.6 Å². The number of phenolic OH excluding ortho intramolecular Hbond substituents is 1. The Morgan fingerprint density at radius 2 is 1.57 bits per heavy atom. The molecule has 0 saturated carbocycles. The molecule has 0 aliphatic carbocycles. The van der Waals surface area contributed by atoms with Crippen LogP contribution in [0.5, 0.6) is 5.75 Å². The first-order chi connectivity index (χ1) is 13.5. The van der Waals surface area contributed by atoms with Crippen molar-refractivity contribution in [2.75, 3.05) is 14.1 Å².